The van der Waals surface area contributed by atoms with Crippen LogP contribution in [0.5, 0.6) is 5.75 Å². The molecule has 2 aromatic heterocycles. The van der Waals surface area contributed by atoms with Crippen LogP contribution in [0.2, 0.25) is 5.02 Å². The van der Waals surface area contributed by atoms with Crippen LogP contribution in [0.1, 0.15) is 0 Å². The Morgan fingerprint density at radius 1 is 1.32 bits per heavy atom. The molecule has 0 unspecified atom stereocenters. The van der Waals surface area contributed by atoms with Gasteiger partial charge in [-0.2, -0.15) is 0 Å². The fourth-order valence-electron chi connectivity index (χ4n) is 2.23. The van der Waals surface area contributed by atoms with Crippen molar-refractivity contribution in [2.75, 3.05) is 20.2 Å². The number of likely N-dealkylation sites (N-methyl/N-ethyl adjacent to an activating group) is 1. The van der Waals surface area contributed by atoms with Crippen LogP contribution in [0, 0.1) is 0 Å². The minimum atomic E-state index is -0.203. The van der Waals surface area contributed by atoms with E-state index >= 15 is 0 Å². The number of amides is 1. The van der Waals surface area contributed by atoms with Crippen LogP contribution in [0.3, 0.4) is 0 Å². The summed E-state index contributed by atoms with van der Waals surface area (Å²) in [7, 11) is 1.68. The first kappa shape index (κ1) is 17.4. The van der Waals surface area contributed by atoms with Gasteiger partial charge in [0.2, 0.25) is 5.91 Å². The highest BCUT2D eigenvalue weighted by Gasteiger charge is 2.12. The van der Waals surface area contributed by atoms with Crippen LogP contribution in [0.4, 0.5) is 0 Å². The van der Waals surface area contributed by atoms with E-state index in [1.165, 1.54) is 27.1 Å². The van der Waals surface area contributed by atoms with E-state index in [0.717, 1.165) is 0 Å². The average Bonchev–Trinajstić information content (AvgIpc) is 3.08. The van der Waals surface area contributed by atoms with Crippen molar-refractivity contribution in [1.82, 2.24) is 14.5 Å². The van der Waals surface area contributed by atoms with E-state index in [1.807, 2.05) is 5.38 Å². The number of thiophene rings is 1. The molecule has 1 aromatic carbocycles. The number of carbonyl (C=O) groups excluding carboxylic acids is 1. The molecule has 0 spiro atoms. The molecule has 0 aliphatic rings. The Bertz CT molecular complexity index is 936. The summed E-state index contributed by atoms with van der Waals surface area (Å²) < 4.78 is 6.90. The zero-order valence-electron chi connectivity index (χ0n) is 13.5. The zero-order chi connectivity index (χ0) is 17.8. The van der Waals surface area contributed by atoms with Crippen LogP contribution < -0.4 is 10.3 Å². The predicted molar refractivity (Wildman–Crippen MR) is 98.5 cm³/mol. The molecule has 0 bridgehead atoms. The number of aromatic nitrogens is 2. The van der Waals surface area contributed by atoms with E-state index < -0.39 is 0 Å². The number of fused-ring (bicyclic) bond motifs is 1. The third kappa shape index (κ3) is 4.18. The Labute approximate surface area is 153 Å². The fraction of sp³-hybridized carbons (Fsp3) is 0.235. The van der Waals surface area contributed by atoms with Crippen molar-refractivity contribution < 1.29 is 9.53 Å². The molecule has 8 heteroatoms. The van der Waals surface area contributed by atoms with Crippen molar-refractivity contribution >= 4 is 39.1 Å². The Morgan fingerprint density at radius 3 is 2.84 bits per heavy atom. The zero-order valence-corrected chi connectivity index (χ0v) is 15.1. The number of halogens is 1. The lowest BCUT2D eigenvalue weighted by atomic mass is 10.3. The Morgan fingerprint density at radius 2 is 2.08 bits per heavy atom. The van der Waals surface area contributed by atoms with Gasteiger partial charge in [0.05, 0.1) is 18.3 Å². The topological polar surface area (TPSA) is 64.4 Å². The molecule has 130 valence electrons. The fourth-order valence-corrected chi connectivity index (χ4v) is 3.08. The first-order valence-corrected chi connectivity index (χ1v) is 8.85. The van der Waals surface area contributed by atoms with Crippen LogP contribution in [-0.2, 0) is 11.3 Å². The largest absolute Gasteiger partial charge is 0.492 e. The molecule has 0 radical (unpaired) electrons. The van der Waals surface area contributed by atoms with Gasteiger partial charge in [-0.15, -0.1) is 11.3 Å². The van der Waals surface area contributed by atoms with Crippen LogP contribution in [0.15, 0.2) is 46.8 Å². The standard InChI is InChI=1S/C17H16ClN3O3S/c1-20(7-8-24-13-4-2-12(18)3-5-13)15(22)10-21-11-19-16-14(17(21)23)6-9-25-16/h2-6,9,11H,7-8,10H2,1H3. The van der Waals surface area contributed by atoms with Gasteiger partial charge in [0.25, 0.3) is 5.56 Å². The van der Waals surface area contributed by atoms with Crippen molar-refractivity contribution in [3.63, 3.8) is 0 Å². The van der Waals surface area contributed by atoms with Gasteiger partial charge in [-0.3, -0.25) is 14.2 Å². The quantitative estimate of drug-likeness (QED) is 0.662. The van der Waals surface area contributed by atoms with Gasteiger partial charge in [0, 0.05) is 12.1 Å². The van der Waals surface area contributed by atoms with Crippen LogP contribution >= 0.6 is 22.9 Å². The molecule has 3 aromatic rings. The summed E-state index contributed by atoms with van der Waals surface area (Å²) in [6.45, 7) is 0.708. The molecule has 25 heavy (non-hydrogen) atoms. The average molecular weight is 378 g/mol. The number of rotatable bonds is 6. The molecule has 0 N–H and O–H groups in total. The van der Waals surface area contributed by atoms with Gasteiger partial charge in [0.15, 0.2) is 0 Å². The number of benzene rings is 1. The van der Waals surface area contributed by atoms with Gasteiger partial charge in [0.1, 0.15) is 23.7 Å². The second kappa shape index (κ2) is 7.67. The van der Waals surface area contributed by atoms with Gasteiger partial charge >= 0.3 is 0 Å². The molecule has 0 fully saturated rings. The number of nitrogens with zero attached hydrogens (tertiary/aromatic N) is 3. The first-order chi connectivity index (χ1) is 12.0. The molecule has 1 amide bonds. The van der Waals surface area contributed by atoms with E-state index in [-0.39, 0.29) is 18.0 Å². The van der Waals surface area contributed by atoms with E-state index in [1.54, 1.807) is 37.4 Å². The number of carbonyl (C=O) groups is 1. The molecule has 0 saturated carbocycles. The summed E-state index contributed by atoms with van der Waals surface area (Å²) in [6.07, 6.45) is 1.41. The lowest BCUT2D eigenvalue weighted by Crippen LogP contribution is -2.36. The van der Waals surface area contributed by atoms with Gasteiger partial charge < -0.3 is 9.64 Å². The monoisotopic (exact) mass is 377 g/mol. The summed E-state index contributed by atoms with van der Waals surface area (Å²) in [5.74, 6) is 0.506. The van der Waals surface area contributed by atoms with Crippen LogP contribution in [-0.4, -0.2) is 40.6 Å². The Balaban J connectivity index is 1.55. The molecule has 3 rings (SSSR count). The minimum Gasteiger partial charge on any atom is -0.492 e. The third-order valence-corrected chi connectivity index (χ3v) is 4.76. The van der Waals surface area contributed by atoms with Crippen molar-refractivity contribution in [3.05, 3.63) is 57.4 Å². The van der Waals surface area contributed by atoms with Gasteiger partial charge in [-0.1, -0.05) is 11.6 Å². The number of ether oxygens (including phenoxy) is 1. The van der Waals surface area contributed by atoms with Crippen molar-refractivity contribution in [3.8, 4) is 5.75 Å². The second-order valence-corrected chi connectivity index (χ2v) is 6.77. The summed E-state index contributed by atoms with van der Waals surface area (Å²) >= 11 is 7.22. The summed E-state index contributed by atoms with van der Waals surface area (Å²) in [5, 5.41) is 2.99. The summed E-state index contributed by atoms with van der Waals surface area (Å²) in [6, 6.07) is 8.74. The van der Waals surface area contributed by atoms with Crippen molar-refractivity contribution in [2.24, 2.45) is 0 Å². The molecular weight excluding hydrogens is 362 g/mol. The highest BCUT2D eigenvalue weighted by Crippen LogP contribution is 2.15. The number of hydrogen-bond acceptors (Lipinski definition) is 5. The molecule has 0 aliphatic carbocycles. The maximum absolute atomic E-state index is 12.3. The predicted octanol–water partition coefficient (Wildman–Crippen LogP) is 2.65. The maximum atomic E-state index is 12.3. The molecule has 0 saturated heterocycles. The SMILES string of the molecule is CN(CCOc1ccc(Cl)cc1)C(=O)Cn1cnc2sccc2c1=O. The summed E-state index contributed by atoms with van der Waals surface area (Å²) in [5.41, 5.74) is -0.203. The molecule has 0 atom stereocenters. The Hall–Kier alpha value is -2.38. The van der Waals surface area contributed by atoms with E-state index in [0.29, 0.717) is 34.1 Å². The van der Waals surface area contributed by atoms with E-state index in [2.05, 4.69) is 4.98 Å². The lowest BCUT2D eigenvalue weighted by molar-refractivity contribution is -0.130. The van der Waals surface area contributed by atoms with Gasteiger partial charge in [-0.25, -0.2) is 4.98 Å². The maximum Gasteiger partial charge on any atom is 0.262 e. The normalized spacial score (nSPS) is 10.8. The van der Waals surface area contributed by atoms with E-state index in [4.69, 9.17) is 16.3 Å². The highest BCUT2D eigenvalue weighted by molar-refractivity contribution is 7.16. The molecule has 6 nitrogen and oxygen atoms in total. The summed E-state index contributed by atoms with van der Waals surface area (Å²) in [4.78, 5) is 31.0. The first-order valence-electron chi connectivity index (χ1n) is 7.59. The molecular formula is C17H16ClN3O3S. The Kier molecular flexibility index (Phi) is 5.35. The van der Waals surface area contributed by atoms with Crippen molar-refractivity contribution in [1.29, 1.82) is 0 Å². The van der Waals surface area contributed by atoms with Crippen molar-refractivity contribution in [2.45, 2.75) is 6.54 Å². The second-order valence-electron chi connectivity index (χ2n) is 5.43. The lowest BCUT2D eigenvalue weighted by Gasteiger charge is -2.18. The number of hydrogen-bond donors (Lipinski definition) is 0. The van der Waals surface area contributed by atoms with E-state index in [9.17, 15) is 9.59 Å². The van der Waals surface area contributed by atoms with Gasteiger partial charge in [-0.05, 0) is 35.7 Å². The minimum absolute atomic E-state index is 0.0466. The highest BCUT2D eigenvalue weighted by atomic mass is 35.5. The van der Waals surface area contributed by atoms with Crippen LogP contribution in [0.25, 0.3) is 10.2 Å². The molecule has 2 heterocycles. The molecule has 0 aliphatic heterocycles. The smallest absolute Gasteiger partial charge is 0.262 e. The third-order valence-electron chi connectivity index (χ3n) is 3.69.